The van der Waals surface area contributed by atoms with Crippen molar-refractivity contribution in [1.29, 1.82) is 0 Å². The molecule has 0 amide bonds. The van der Waals surface area contributed by atoms with Gasteiger partial charge in [0.15, 0.2) is 23.0 Å². The highest BCUT2D eigenvalue weighted by molar-refractivity contribution is 5.91. The number of likely N-dealkylation sites (N-methyl/N-ethyl adjacent to an activating group) is 1. The van der Waals surface area contributed by atoms with Crippen molar-refractivity contribution in [3.05, 3.63) is 94.1 Å². The molecular weight excluding hydrogens is 684 g/mol. The first kappa shape index (κ1) is 40.6. The molecule has 10 nitrogen and oxygen atoms in total. The van der Waals surface area contributed by atoms with E-state index in [9.17, 15) is 9.59 Å². The number of benzene rings is 3. The van der Waals surface area contributed by atoms with E-state index in [4.69, 9.17) is 28.4 Å². The maximum atomic E-state index is 12.6. The summed E-state index contributed by atoms with van der Waals surface area (Å²) in [6.45, 7) is 10.8. The Kier molecular flexibility index (Phi) is 14.1. The van der Waals surface area contributed by atoms with Crippen LogP contribution in [0.4, 0.5) is 0 Å². The minimum Gasteiger partial charge on any atom is -0.493 e. The van der Waals surface area contributed by atoms with E-state index in [2.05, 4.69) is 57.3 Å². The maximum Gasteiger partial charge on any atom is 0.331 e. The Morgan fingerprint density at radius 2 is 1.22 bits per heavy atom. The van der Waals surface area contributed by atoms with Gasteiger partial charge in [0.25, 0.3) is 0 Å². The summed E-state index contributed by atoms with van der Waals surface area (Å²) in [7, 11) is 8.92. The molecule has 0 bridgehead atoms. The molecule has 0 radical (unpaired) electrons. The van der Waals surface area contributed by atoms with Crippen LogP contribution in [-0.2, 0) is 38.4 Å². The number of hydrogen-bond donors (Lipinski definition) is 0. The Balaban J connectivity index is 1.09. The Morgan fingerprint density at radius 3 is 1.81 bits per heavy atom. The van der Waals surface area contributed by atoms with Crippen molar-refractivity contribution >= 4 is 11.9 Å². The fourth-order valence-electron chi connectivity index (χ4n) is 8.36. The van der Waals surface area contributed by atoms with E-state index in [0.717, 1.165) is 84.7 Å². The normalized spacial score (nSPS) is 18.9. The highest BCUT2D eigenvalue weighted by atomic mass is 16.5. The van der Waals surface area contributed by atoms with Crippen LogP contribution in [0, 0.1) is 13.8 Å². The summed E-state index contributed by atoms with van der Waals surface area (Å²) in [4.78, 5) is 25.0. The first-order chi connectivity index (χ1) is 26.0. The molecule has 292 valence electrons. The smallest absolute Gasteiger partial charge is 0.331 e. The van der Waals surface area contributed by atoms with E-state index >= 15 is 0 Å². The van der Waals surface area contributed by atoms with Crippen LogP contribution in [0.25, 0.3) is 0 Å². The lowest BCUT2D eigenvalue weighted by Gasteiger charge is -2.46. The van der Waals surface area contributed by atoms with Gasteiger partial charge >= 0.3 is 11.9 Å². The van der Waals surface area contributed by atoms with Crippen molar-refractivity contribution in [3.8, 4) is 23.0 Å². The lowest BCUT2D eigenvalue weighted by molar-refractivity contribution is -0.941. The highest BCUT2D eigenvalue weighted by Crippen LogP contribution is 2.40. The Morgan fingerprint density at radius 1 is 0.685 bits per heavy atom. The van der Waals surface area contributed by atoms with E-state index < -0.39 is 11.9 Å². The zero-order chi connectivity index (χ0) is 38.7. The second-order valence-electron chi connectivity index (χ2n) is 15.2. The van der Waals surface area contributed by atoms with Gasteiger partial charge in [0, 0.05) is 61.8 Å². The van der Waals surface area contributed by atoms with Gasteiger partial charge < -0.3 is 37.4 Å². The summed E-state index contributed by atoms with van der Waals surface area (Å²) in [5.41, 5.74) is 7.79. The molecule has 10 heteroatoms. The standard InChI is InChI=1S/C44H60N2O8/c1-32-26-36-18-23-45(3,38(37(36)27-33(32)2)28-34-12-14-39(49-4)41(29-34)51-6)19-10-24-53-43(47)16-17-44(48)54-25-11-22-46(20-8-9-21-46)31-35-13-15-40(50-5)42(30-35)52-7/h12-17,26-27,29-30,38H,8-11,18-25,28,31H2,1-7H3/q+2/b17-16-/t38-,45-/m1/s1. The topological polar surface area (TPSA) is 89.5 Å². The number of ether oxygens (including phenoxy) is 6. The molecule has 2 heterocycles. The molecule has 2 atom stereocenters. The van der Waals surface area contributed by atoms with Gasteiger partial charge in [-0.3, -0.25) is 0 Å². The van der Waals surface area contributed by atoms with E-state index in [1.165, 1.54) is 58.4 Å². The third-order valence-electron chi connectivity index (χ3n) is 11.6. The number of aryl methyl sites for hydroxylation is 2. The van der Waals surface area contributed by atoms with E-state index in [1.54, 1.807) is 28.4 Å². The number of carbonyl (C=O) groups excluding carboxylic acids is 2. The first-order valence-electron chi connectivity index (χ1n) is 19.2. The van der Waals surface area contributed by atoms with Crippen LogP contribution in [0.2, 0.25) is 0 Å². The molecule has 1 fully saturated rings. The molecule has 0 saturated carbocycles. The predicted octanol–water partition coefficient (Wildman–Crippen LogP) is 6.86. The van der Waals surface area contributed by atoms with Gasteiger partial charge in [0.05, 0.1) is 81.4 Å². The lowest BCUT2D eigenvalue weighted by Crippen LogP contribution is -2.52. The Labute approximate surface area is 321 Å². The number of rotatable bonds is 18. The minimum absolute atomic E-state index is 0.227. The molecule has 0 spiro atoms. The molecule has 0 aromatic heterocycles. The van der Waals surface area contributed by atoms with Crippen LogP contribution in [0.5, 0.6) is 23.0 Å². The summed E-state index contributed by atoms with van der Waals surface area (Å²) in [5, 5.41) is 0. The molecule has 54 heavy (non-hydrogen) atoms. The molecule has 1 saturated heterocycles. The summed E-state index contributed by atoms with van der Waals surface area (Å²) < 4.78 is 34.8. The van der Waals surface area contributed by atoms with Crippen LogP contribution in [0.15, 0.2) is 60.7 Å². The van der Waals surface area contributed by atoms with Gasteiger partial charge in [-0.25, -0.2) is 9.59 Å². The van der Waals surface area contributed by atoms with Crippen molar-refractivity contribution in [2.75, 3.05) is 81.4 Å². The first-order valence-corrected chi connectivity index (χ1v) is 19.2. The summed E-state index contributed by atoms with van der Waals surface area (Å²) in [6, 6.07) is 17.2. The molecule has 0 aliphatic carbocycles. The summed E-state index contributed by atoms with van der Waals surface area (Å²) >= 11 is 0. The molecule has 3 aromatic rings. The minimum atomic E-state index is -0.539. The SMILES string of the molecule is COc1ccc(C[C@@H]2c3cc(C)c(C)cc3CC[N@@+]2(C)CCCOC(=O)/C=C\C(=O)OCCC[N+]2(Cc3ccc(OC)c(OC)c3)CCCC2)cc1OC. The van der Waals surface area contributed by atoms with Gasteiger partial charge in [-0.2, -0.15) is 0 Å². The number of fused-ring (bicyclic) bond motifs is 1. The number of carbonyl (C=O) groups is 2. The molecule has 3 aromatic carbocycles. The van der Waals surface area contributed by atoms with Crippen LogP contribution >= 0.6 is 0 Å². The number of hydrogen-bond acceptors (Lipinski definition) is 8. The molecule has 0 unspecified atom stereocenters. The lowest BCUT2D eigenvalue weighted by atomic mass is 9.84. The van der Waals surface area contributed by atoms with Crippen LogP contribution in [0.3, 0.4) is 0 Å². The van der Waals surface area contributed by atoms with Gasteiger partial charge in [0.2, 0.25) is 0 Å². The van der Waals surface area contributed by atoms with Crippen LogP contribution in [-0.4, -0.2) is 102 Å². The fraction of sp³-hybridized carbons (Fsp3) is 0.500. The highest BCUT2D eigenvalue weighted by Gasteiger charge is 2.39. The number of likely N-dealkylation sites (tertiary alicyclic amines) is 1. The summed E-state index contributed by atoms with van der Waals surface area (Å²) in [6.07, 6.45) is 7.99. The van der Waals surface area contributed by atoms with E-state index in [0.29, 0.717) is 18.8 Å². The van der Waals surface area contributed by atoms with Crippen molar-refractivity contribution < 1.29 is 47.0 Å². The van der Waals surface area contributed by atoms with Crippen LogP contribution < -0.4 is 18.9 Å². The van der Waals surface area contributed by atoms with Crippen molar-refractivity contribution in [2.24, 2.45) is 0 Å². The van der Waals surface area contributed by atoms with Crippen molar-refractivity contribution in [2.45, 2.75) is 65.0 Å². The number of quaternary nitrogens is 2. The average Bonchev–Trinajstić information content (AvgIpc) is 3.64. The Hall–Kier alpha value is -4.54. The third-order valence-corrected chi connectivity index (χ3v) is 11.6. The number of nitrogens with zero attached hydrogens (tertiary/aromatic N) is 2. The van der Waals surface area contributed by atoms with Gasteiger partial charge in [-0.05, 0) is 72.5 Å². The largest absolute Gasteiger partial charge is 0.493 e. The quantitative estimate of drug-likeness (QED) is 0.0605. The fourth-order valence-corrected chi connectivity index (χ4v) is 8.36. The monoisotopic (exact) mass is 744 g/mol. The number of esters is 2. The zero-order valence-electron chi connectivity index (χ0n) is 33.4. The molecule has 2 aliphatic heterocycles. The van der Waals surface area contributed by atoms with Crippen molar-refractivity contribution in [3.63, 3.8) is 0 Å². The van der Waals surface area contributed by atoms with Crippen LogP contribution in [0.1, 0.15) is 65.1 Å². The average molecular weight is 745 g/mol. The van der Waals surface area contributed by atoms with Gasteiger partial charge in [-0.1, -0.05) is 12.1 Å². The second-order valence-corrected chi connectivity index (χ2v) is 15.2. The third kappa shape index (κ3) is 10.2. The molecule has 2 aliphatic rings. The number of methoxy groups -OCH3 is 4. The molecule has 5 rings (SSSR count). The van der Waals surface area contributed by atoms with Gasteiger partial charge in [-0.15, -0.1) is 0 Å². The second kappa shape index (κ2) is 18.7. The maximum absolute atomic E-state index is 12.6. The van der Waals surface area contributed by atoms with Crippen molar-refractivity contribution in [1.82, 2.24) is 0 Å². The molecular formula is C44H60N2O8+2. The summed E-state index contributed by atoms with van der Waals surface area (Å²) in [5.74, 6) is 1.82. The Bertz CT molecular complexity index is 1780. The van der Waals surface area contributed by atoms with Gasteiger partial charge in [0.1, 0.15) is 12.6 Å². The molecule has 0 N–H and O–H groups in total. The van der Waals surface area contributed by atoms with E-state index in [1.807, 2.05) is 12.1 Å². The zero-order valence-corrected chi connectivity index (χ0v) is 33.4. The van der Waals surface area contributed by atoms with E-state index in [-0.39, 0.29) is 12.6 Å². The predicted molar refractivity (Wildman–Crippen MR) is 209 cm³/mol.